The van der Waals surface area contributed by atoms with Gasteiger partial charge in [-0.2, -0.15) is 0 Å². The van der Waals surface area contributed by atoms with E-state index >= 15 is 0 Å². The first-order chi connectivity index (χ1) is 20.2. The van der Waals surface area contributed by atoms with Gasteiger partial charge in [0, 0.05) is 17.5 Å². The third-order valence-electron chi connectivity index (χ3n) is 9.22. The van der Waals surface area contributed by atoms with E-state index in [-0.39, 0.29) is 41.7 Å². The van der Waals surface area contributed by atoms with Crippen LogP contribution in [0.5, 0.6) is 0 Å². The summed E-state index contributed by atoms with van der Waals surface area (Å²) in [5.41, 5.74) is 5.70. The first kappa shape index (κ1) is 29.8. The molecule has 1 atom stereocenters. The Bertz CT molecular complexity index is 1350. The molecule has 7 heteroatoms. The average Bonchev–Trinajstić information content (AvgIpc) is 3.30. The minimum atomic E-state index is -0.694. The van der Waals surface area contributed by atoms with Crippen molar-refractivity contribution >= 4 is 12.0 Å². The summed E-state index contributed by atoms with van der Waals surface area (Å²) >= 11 is 0. The second kappa shape index (κ2) is 12.7. The van der Waals surface area contributed by atoms with Crippen molar-refractivity contribution in [3.05, 3.63) is 95.3 Å². The van der Waals surface area contributed by atoms with Crippen molar-refractivity contribution in [1.82, 2.24) is 15.5 Å². The van der Waals surface area contributed by atoms with Crippen LogP contribution in [0.4, 0.5) is 9.18 Å². The third kappa shape index (κ3) is 6.36. The van der Waals surface area contributed by atoms with Gasteiger partial charge in [0.1, 0.15) is 18.5 Å². The van der Waals surface area contributed by atoms with Crippen LogP contribution in [0.1, 0.15) is 62.1 Å². The van der Waals surface area contributed by atoms with Crippen molar-refractivity contribution in [2.24, 2.45) is 5.92 Å². The molecule has 5 rings (SSSR count). The van der Waals surface area contributed by atoms with Gasteiger partial charge in [0.15, 0.2) is 0 Å². The molecule has 6 nitrogen and oxygen atoms in total. The SMILES string of the molecule is CC(C)C(NC(=O)OCC1c2ccccc2-c2ccccc21)C(=O)NC1CCC(Cc2ccc(F)cc2)(N(C)C)CC1. The van der Waals surface area contributed by atoms with Crippen LogP contribution in [0, 0.1) is 11.7 Å². The fraction of sp³-hybridized carbons (Fsp3) is 0.429. The van der Waals surface area contributed by atoms with E-state index < -0.39 is 12.1 Å². The Morgan fingerprint density at radius 2 is 1.50 bits per heavy atom. The maximum Gasteiger partial charge on any atom is 0.407 e. The van der Waals surface area contributed by atoms with Gasteiger partial charge in [-0.1, -0.05) is 74.5 Å². The maximum atomic E-state index is 13.4. The molecule has 0 aliphatic heterocycles. The molecular formula is C35H42FN3O3. The fourth-order valence-corrected chi connectivity index (χ4v) is 6.66. The molecule has 2 amide bonds. The van der Waals surface area contributed by atoms with E-state index in [0.29, 0.717) is 0 Å². The summed E-state index contributed by atoms with van der Waals surface area (Å²) in [5, 5.41) is 6.04. The minimum absolute atomic E-state index is 0.0318. The van der Waals surface area contributed by atoms with Gasteiger partial charge in [0.2, 0.25) is 5.91 Å². The van der Waals surface area contributed by atoms with Crippen LogP contribution in [0.3, 0.4) is 0 Å². The van der Waals surface area contributed by atoms with E-state index in [4.69, 9.17) is 4.74 Å². The van der Waals surface area contributed by atoms with Gasteiger partial charge < -0.3 is 20.3 Å². The highest BCUT2D eigenvalue weighted by molar-refractivity contribution is 5.86. The molecule has 3 aromatic carbocycles. The molecule has 1 fully saturated rings. The van der Waals surface area contributed by atoms with E-state index in [2.05, 4.69) is 53.9 Å². The van der Waals surface area contributed by atoms with Gasteiger partial charge in [0.25, 0.3) is 0 Å². The van der Waals surface area contributed by atoms with Gasteiger partial charge >= 0.3 is 6.09 Å². The molecule has 0 heterocycles. The Morgan fingerprint density at radius 1 is 0.929 bits per heavy atom. The molecule has 2 aliphatic carbocycles. The molecule has 0 spiro atoms. The van der Waals surface area contributed by atoms with Crippen LogP contribution in [0.25, 0.3) is 11.1 Å². The van der Waals surface area contributed by atoms with Crippen molar-refractivity contribution in [2.45, 2.75) is 69.5 Å². The molecule has 0 radical (unpaired) electrons. The summed E-state index contributed by atoms with van der Waals surface area (Å²) in [6.45, 7) is 4.05. The van der Waals surface area contributed by atoms with Crippen LogP contribution >= 0.6 is 0 Å². The molecule has 1 unspecified atom stereocenters. The average molecular weight is 572 g/mol. The van der Waals surface area contributed by atoms with Crippen molar-refractivity contribution in [1.29, 1.82) is 0 Å². The first-order valence-electron chi connectivity index (χ1n) is 15.0. The van der Waals surface area contributed by atoms with Crippen molar-refractivity contribution < 1.29 is 18.7 Å². The number of halogens is 1. The monoisotopic (exact) mass is 571 g/mol. The maximum absolute atomic E-state index is 13.4. The lowest BCUT2D eigenvalue weighted by molar-refractivity contribution is -0.125. The number of hydrogen-bond donors (Lipinski definition) is 2. The molecule has 0 bridgehead atoms. The largest absolute Gasteiger partial charge is 0.449 e. The van der Waals surface area contributed by atoms with Gasteiger partial charge in [0.05, 0.1) is 0 Å². The number of fused-ring (bicyclic) bond motifs is 3. The second-order valence-electron chi connectivity index (χ2n) is 12.4. The Hall–Kier alpha value is -3.71. The zero-order valence-corrected chi connectivity index (χ0v) is 25.0. The lowest BCUT2D eigenvalue weighted by atomic mass is 9.74. The molecule has 0 aromatic heterocycles. The Balaban J connectivity index is 1.16. The van der Waals surface area contributed by atoms with Crippen LogP contribution in [-0.4, -0.2) is 55.2 Å². The highest BCUT2D eigenvalue weighted by Crippen LogP contribution is 2.44. The summed E-state index contributed by atoms with van der Waals surface area (Å²) in [6.07, 6.45) is 3.74. The fourth-order valence-electron chi connectivity index (χ4n) is 6.66. The number of rotatable bonds is 9. The Labute approximate surface area is 248 Å². The van der Waals surface area contributed by atoms with E-state index in [1.54, 1.807) is 0 Å². The number of benzene rings is 3. The number of amides is 2. The zero-order valence-electron chi connectivity index (χ0n) is 25.0. The molecule has 2 aliphatic rings. The number of likely N-dealkylation sites (N-methyl/N-ethyl adjacent to an activating group) is 1. The standard InChI is InChI=1S/C35H42FN3O3/c1-23(2)32(38-34(41)42-22-31-29-11-7-5-9-27(29)28-10-6-8-12-30(28)31)33(40)37-26-17-19-35(20-18-26,39(3)4)21-24-13-15-25(36)16-14-24/h5-16,23,26,31-32H,17-22H2,1-4H3,(H,37,40)(H,38,41). The van der Waals surface area contributed by atoms with E-state index in [1.807, 2.05) is 50.2 Å². The normalized spacial score (nSPS) is 20.6. The second-order valence-corrected chi connectivity index (χ2v) is 12.4. The van der Waals surface area contributed by atoms with Crippen LogP contribution < -0.4 is 10.6 Å². The Kier molecular flexibility index (Phi) is 8.97. The van der Waals surface area contributed by atoms with Crippen LogP contribution in [-0.2, 0) is 16.0 Å². The number of carbonyl (C=O) groups is 2. The highest BCUT2D eigenvalue weighted by atomic mass is 19.1. The topological polar surface area (TPSA) is 70.7 Å². The number of alkyl carbamates (subject to hydrolysis) is 1. The number of carbonyl (C=O) groups excluding carboxylic acids is 2. The highest BCUT2D eigenvalue weighted by Gasteiger charge is 2.38. The van der Waals surface area contributed by atoms with Crippen LogP contribution in [0.2, 0.25) is 0 Å². The van der Waals surface area contributed by atoms with Crippen molar-refractivity contribution in [3.63, 3.8) is 0 Å². The van der Waals surface area contributed by atoms with Crippen LogP contribution in [0.15, 0.2) is 72.8 Å². The zero-order chi connectivity index (χ0) is 29.9. The molecule has 3 aromatic rings. The molecule has 0 saturated heterocycles. The van der Waals surface area contributed by atoms with E-state index in [0.717, 1.165) is 48.8 Å². The number of hydrogen-bond acceptors (Lipinski definition) is 4. The lowest BCUT2D eigenvalue weighted by Crippen LogP contribution is -2.55. The third-order valence-corrected chi connectivity index (χ3v) is 9.22. The van der Waals surface area contributed by atoms with Crippen molar-refractivity contribution in [2.75, 3.05) is 20.7 Å². The predicted molar refractivity (Wildman–Crippen MR) is 164 cm³/mol. The van der Waals surface area contributed by atoms with Gasteiger partial charge in [-0.15, -0.1) is 0 Å². The summed E-state index contributed by atoms with van der Waals surface area (Å²) in [4.78, 5) is 28.6. The van der Waals surface area contributed by atoms with Gasteiger partial charge in [-0.25, -0.2) is 9.18 Å². The Morgan fingerprint density at radius 3 is 2.05 bits per heavy atom. The number of nitrogens with one attached hydrogen (secondary N) is 2. The van der Waals surface area contributed by atoms with Crippen molar-refractivity contribution in [3.8, 4) is 11.1 Å². The molecule has 2 N–H and O–H groups in total. The predicted octanol–water partition coefficient (Wildman–Crippen LogP) is 6.29. The van der Waals surface area contributed by atoms with Gasteiger partial charge in [-0.05, 0) is 92.1 Å². The summed E-state index contributed by atoms with van der Waals surface area (Å²) in [6, 6.07) is 22.5. The molecule has 1 saturated carbocycles. The molecular weight excluding hydrogens is 529 g/mol. The van der Waals surface area contributed by atoms with E-state index in [9.17, 15) is 14.0 Å². The summed E-state index contributed by atoms with van der Waals surface area (Å²) < 4.78 is 19.1. The molecule has 42 heavy (non-hydrogen) atoms. The molecule has 222 valence electrons. The summed E-state index contributed by atoms with van der Waals surface area (Å²) in [5.74, 6) is -0.549. The lowest BCUT2D eigenvalue weighted by Gasteiger charge is -2.45. The minimum Gasteiger partial charge on any atom is -0.449 e. The van der Waals surface area contributed by atoms with E-state index in [1.165, 1.54) is 23.3 Å². The summed E-state index contributed by atoms with van der Waals surface area (Å²) in [7, 11) is 4.19. The smallest absolute Gasteiger partial charge is 0.407 e. The number of nitrogens with zero attached hydrogens (tertiary/aromatic N) is 1. The first-order valence-corrected chi connectivity index (χ1v) is 15.0. The number of ether oxygens (including phenoxy) is 1. The van der Waals surface area contributed by atoms with Gasteiger partial charge in [-0.3, -0.25) is 4.79 Å². The quantitative estimate of drug-likeness (QED) is 0.317.